The van der Waals surface area contributed by atoms with Crippen LogP contribution in [0.2, 0.25) is 0 Å². The van der Waals surface area contributed by atoms with E-state index in [0.717, 1.165) is 14.2 Å². The summed E-state index contributed by atoms with van der Waals surface area (Å²) in [5, 5.41) is 10.3. The molecule has 0 radical (unpaired) electrons. The van der Waals surface area contributed by atoms with Gasteiger partial charge in [0.2, 0.25) is 0 Å². The van der Waals surface area contributed by atoms with E-state index in [0.29, 0.717) is 5.56 Å². The van der Waals surface area contributed by atoms with Crippen molar-refractivity contribution in [3.05, 3.63) is 50.1 Å². The minimum absolute atomic E-state index is 0.0379. The predicted octanol–water partition coefficient (Wildman–Crippen LogP) is 4.50. The summed E-state index contributed by atoms with van der Waals surface area (Å²) in [5.74, 6) is 0.0379. The monoisotopic (exact) mass is 348 g/mol. The normalized spacial score (nSPS) is 12.7. The highest BCUT2D eigenvalue weighted by molar-refractivity contribution is 9.10. The molecule has 0 saturated carbocycles. The van der Waals surface area contributed by atoms with Crippen molar-refractivity contribution in [1.82, 2.24) is 0 Å². The maximum atomic E-state index is 12.2. The predicted molar refractivity (Wildman–Crippen MR) is 73.9 cm³/mol. The van der Waals surface area contributed by atoms with Gasteiger partial charge in [-0.05, 0) is 46.6 Å². The van der Waals surface area contributed by atoms with E-state index in [1.165, 1.54) is 23.5 Å². The molecular formula is C13H11BrF2O2S. The summed E-state index contributed by atoms with van der Waals surface area (Å²) in [5.41, 5.74) is 0.515. The van der Waals surface area contributed by atoms with Gasteiger partial charge in [-0.3, -0.25) is 0 Å². The first kappa shape index (κ1) is 14.4. The number of hydrogen-bond donors (Lipinski definition) is 1. The van der Waals surface area contributed by atoms with Gasteiger partial charge in [-0.1, -0.05) is 12.1 Å². The highest BCUT2D eigenvalue weighted by atomic mass is 79.9. The van der Waals surface area contributed by atoms with Gasteiger partial charge in [-0.15, -0.1) is 11.3 Å². The molecular weight excluding hydrogens is 338 g/mol. The van der Waals surface area contributed by atoms with Gasteiger partial charge in [0.1, 0.15) is 11.9 Å². The van der Waals surface area contributed by atoms with E-state index in [-0.39, 0.29) is 5.75 Å². The molecule has 0 spiro atoms. The number of halogens is 3. The fourth-order valence-corrected chi connectivity index (χ4v) is 3.58. The molecule has 1 atom stereocenters. The van der Waals surface area contributed by atoms with E-state index >= 15 is 0 Å². The largest absolute Gasteiger partial charge is 0.435 e. The molecule has 0 amide bonds. The number of thiophene rings is 1. The van der Waals surface area contributed by atoms with E-state index in [2.05, 4.69) is 20.7 Å². The van der Waals surface area contributed by atoms with Crippen molar-refractivity contribution in [2.24, 2.45) is 0 Å². The minimum atomic E-state index is -2.87. The van der Waals surface area contributed by atoms with Crippen LogP contribution in [0.1, 0.15) is 21.4 Å². The molecule has 0 bridgehead atoms. The molecule has 2 nitrogen and oxygen atoms in total. The summed E-state index contributed by atoms with van der Waals surface area (Å²) in [6.45, 7) is -0.940. The highest BCUT2D eigenvalue weighted by Crippen LogP contribution is 2.36. The summed E-state index contributed by atoms with van der Waals surface area (Å²) in [6, 6.07) is 7.99. The Morgan fingerprint density at radius 2 is 2.05 bits per heavy atom. The van der Waals surface area contributed by atoms with Gasteiger partial charge in [0, 0.05) is 9.35 Å². The van der Waals surface area contributed by atoms with E-state index in [9.17, 15) is 13.9 Å². The second-order valence-electron chi connectivity index (χ2n) is 3.92. The Kier molecular flexibility index (Phi) is 4.54. The summed E-state index contributed by atoms with van der Waals surface area (Å²) < 4.78 is 29.4. The van der Waals surface area contributed by atoms with Crippen LogP contribution >= 0.6 is 27.3 Å². The van der Waals surface area contributed by atoms with Gasteiger partial charge in [-0.25, -0.2) is 0 Å². The van der Waals surface area contributed by atoms with Crippen LogP contribution in [0.5, 0.6) is 5.75 Å². The van der Waals surface area contributed by atoms with Crippen molar-refractivity contribution in [2.45, 2.75) is 19.6 Å². The maximum absolute atomic E-state index is 12.2. The van der Waals surface area contributed by atoms with Crippen LogP contribution in [0.3, 0.4) is 0 Å². The summed E-state index contributed by atoms with van der Waals surface area (Å²) in [4.78, 5) is 1.80. The number of aryl methyl sites for hydroxylation is 1. The number of ether oxygens (including phenoxy) is 1. The number of rotatable bonds is 4. The van der Waals surface area contributed by atoms with Crippen molar-refractivity contribution in [2.75, 3.05) is 0 Å². The molecule has 0 saturated heterocycles. The van der Waals surface area contributed by atoms with Gasteiger partial charge < -0.3 is 9.84 Å². The van der Waals surface area contributed by atoms with Gasteiger partial charge in [-0.2, -0.15) is 8.78 Å². The Morgan fingerprint density at radius 1 is 1.32 bits per heavy atom. The van der Waals surface area contributed by atoms with Gasteiger partial charge >= 0.3 is 6.61 Å². The first-order chi connectivity index (χ1) is 8.97. The van der Waals surface area contributed by atoms with Gasteiger partial charge in [0.15, 0.2) is 0 Å². The quantitative estimate of drug-likeness (QED) is 0.881. The third-order valence-electron chi connectivity index (χ3n) is 2.48. The molecule has 0 fully saturated rings. The number of alkyl halides is 2. The van der Waals surface area contributed by atoms with Crippen LogP contribution in [-0.4, -0.2) is 11.7 Å². The lowest BCUT2D eigenvalue weighted by Gasteiger charge is -2.12. The molecule has 1 unspecified atom stereocenters. The average Bonchev–Trinajstić information content (AvgIpc) is 2.67. The lowest BCUT2D eigenvalue weighted by molar-refractivity contribution is -0.0499. The van der Waals surface area contributed by atoms with Crippen molar-refractivity contribution in [3.63, 3.8) is 0 Å². The Bertz CT molecular complexity index is 572. The molecule has 0 aliphatic heterocycles. The molecule has 1 aromatic carbocycles. The Morgan fingerprint density at radius 3 is 2.63 bits per heavy atom. The standard InChI is InChI=1S/C13H11BrF2O2S/c1-7-5-10(14)12(19-7)11(17)8-3-2-4-9(6-8)18-13(15)16/h2-6,11,13,17H,1H3. The summed E-state index contributed by atoms with van der Waals surface area (Å²) >= 11 is 4.82. The van der Waals surface area contributed by atoms with Crippen LogP contribution in [0.25, 0.3) is 0 Å². The van der Waals surface area contributed by atoms with Crippen LogP contribution in [0, 0.1) is 6.92 Å². The van der Waals surface area contributed by atoms with E-state index in [1.807, 2.05) is 13.0 Å². The molecule has 0 aliphatic carbocycles. The second-order valence-corrected chi connectivity index (χ2v) is 6.07. The summed E-state index contributed by atoms with van der Waals surface area (Å²) in [6.07, 6.45) is -0.866. The average molecular weight is 349 g/mol. The molecule has 6 heteroatoms. The van der Waals surface area contributed by atoms with E-state index < -0.39 is 12.7 Å². The SMILES string of the molecule is Cc1cc(Br)c(C(O)c2cccc(OC(F)F)c2)s1. The smallest absolute Gasteiger partial charge is 0.387 e. The summed E-state index contributed by atoms with van der Waals surface area (Å²) in [7, 11) is 0. The topological polar surface area (TPSA) is 29.5 Å². The van der Waals surface area contributed by atoms with E-state index in [4.69, 9.17) is 0 Å². The zero-order valence-electron chi connectivity index (χ0n) is 9.94. The molecule has 1 aromatic heterocycles. The minimum Gasteiger partial charge on any atom is -0.435 e. The molecule has 2 rings (SSSR count). The van der Waals surface area contributed by atoms with Crippen LogP contribution in [-0.2, 0) is 0 Å². The molecule has 1 heterocycles. The Balaban J connectivity index is 2.28. The van der Waals surface area contributed by atoms with E-state index in [1.54, 1.807) is 12.1 Å². The number of hydrogen-bond acceptors (Lipinski definition) is 3. The van der Waals surface area contributed by atoms with Crippen molar-refractivity contribution >= 4 is 27.3 Å². The molecule has 1 N–H and O–H groups in total. The number of aliphatic hydroxyl groups is 1. The third kappa shape index (κ3) is 3.52. The third-order valence-corrected chi connectivity index (χ3v) is 4.51. The maximum Gasteiger partial charge on any atom is 0.387 e. The molecule has 2 aromatic rings. The van der Waals surface area contributed by atoms with Crippen LogP contribution in [0.15, 0.2) is 34.8 Å². The molecule has 102 valence electrons. The number of benzene rings is 1. The van der Waals surface area contributed by atoms with Crippen molar-refractivity contribution in [1.29, 1.82) is 0 Å². The fraction of sp³-hybridized carbons (Fsp3) is 0.231. The Hall–Kier alpha value is -0.980. The van der Waals surface area contributed by atoms with Crippen LogP contribution < -0.4 is 4.74 Å². The molecule has 0 aliphatic rings. The van der Waals surface area contributed by atoms with Gasteiger partial charge in [0.05, 0.1) is 4.88 Å². The highest BCUT2D eigenvalue weighted by Gasteiger charge is 2.17. The second kappa shape index (κ2) is 5.98. The fourth-order valence-electron chi connectivity index (χ4n) is 1.70. The lowest BCUT2D eigenvalue weighted by Crippen LogP contribution is -2.03. The zero-order chi connectivity index (χ0) is 14.0. The van der Waals surface area contributed by atoms with Crippen molar-refractivity contribution in [3.8, 4) is 5.75 Å². The number of aliphatic hydroxyl groups excluding tert-OH is 1. The zero-order valence-corrected chi connectivity index (χ0v) is 12.3. The first-order valence-corrected chi connectivity index (χ1v) is 7.07. The van der Waals surface area contributed by atoms with Crippen molar-refractivity contribution < 1.29 is 18.6 Å². The Labute approximate surface area is 121 Å². The first-order valence-electron chi connectivity index (χ1n) is 5.46. The van der Waals surface area contributed by atoms with Crippen LogP contribution in [0.4, 0.5) is 8.78 Å². The van der Waals surface area contributed by atoms with Gasteiger partial charge in [0.25, 0.3) is 0 Å². The molecule has 19 heavy (non-hydrogen) atoms. The lowest BCUT2D eigenvalue weighted by atomic mass is 10.1.